The van der Waals surface area contributed by atoms with Crippen LogP contribution in [-0.2, 0) is 17.5 Å². The molecule has 0 radical (unpaired) electrons. The van der Waals surface area contributed by atoms with E-state index in [0.717, 1.165) is 43.9 Å². The molecule has 2 unspecified atom stereocenters. The smallest absolute Gasteiger partial charge is 0.363 e. The summed E-state index contributed by atoms with van der Waals surface area (Å²) in [6.45, 7) is 4.10. The lowest BCUT2D eigenvalue weighted by molar-refractivity contribution is -0.137. The van der Waals surface area contributed by atoms with Crippen LogP contribution in [0.25, 0.3) is 0 Å². The number of carbonyl (C=O) groups excluding carboxylic acids is 1. The number of piperazine rings is 1. The Labute approximate surface area is 168 Å². The van der Waals surface area contributed by atoms with Crippen LogP contribution in [0.2, 0.25) is 0 Å². The van der Waals surface area contributed by atoms with Crippen LogP contribution in [0.4, 0.5) is 24.5 Å². The summed E-state index contributed by atoms with van der Waals surface area (Å²) in [6.07, 6.45) is -2.18. The SMILES string of the molecule is CC(=O)Nc1ccc(CN2CC3CCC(C2)N3c2ccc(C(F)(F)F)cc2)cc1. The summed E-state index contributed by atoms with van der Waals surface area (Å²) >= 11 is 0. The Hall–Kier alpha value is -2.54. The third kappa shape index (κ3) is 4.40. The molecule has 2 fully saturated rings. The van der Waals surface area contributed by atoms with E-state index in [4.69, 9.17) is 0 Å². The molecule has 1 amide bonds. The number of anilines is 2. The molecule has 0 aliphatic carbocycles. The molecule has 2 aromatic carbocycles. The van der Waals surface area contributed by atoms with E-state index in [-0.39, 0.29) is 5.91 Å². The van der Waals surface area contributed by atoms with Crippen molar-refractivity contribution < 1.29 is 18.0 Å². The van der Waals surface area contributed by atoms with Crippen molar-refractivity contribution >= 4 is 17.3 Å². The van der Waals surface area contributed by atoms with Crippen LogP contribution in [0.3, 0.4) is 0 Å². The molecule has 2 saturated heterocycles. The summed E-state index contributed by atoms with van der Waals surface area (Å²) in [6, 6.07) is 14.1. The topological polar surface area (TPSA) is 35.6 Å². The van der Waals surface area contributed by atoms with Crippen LogP contribution < -0.4 is 10.2 Å². The summed E-state index contributed by atoms with van der Waals surface area (Å²) in [7, 11) is 0. The minimum atomic E-state index is -4.30. The molecule has 4 rings (SSSR count). The van der Waals surface area contributed by atoms with E-state index < -0.39 is 11.7 Å². The molecule has 2 aliphatic heterocycles. The number of amides is 1. The first-order chi connectivity index (χ1) is 13.8. The quantitative estimate of drug-likeness (QED) is 0.816. The summed E-state index contributed by atoms with van der Waals surface area (Å²) < 4.78 is 38.5. The number of hydrogen-bond donors (Lipinski definition) is 1. The van der Waals surface area contributed by atoms with E-state index in [9.17, 15) is 18.0 Å². The van der Waals surface area contributed by atoms with Gasteiger partial charge < -0.3 is 10.2 Å². The Bertz CT molecular complexity index is 850. The highest BCUT2D eigenvalue weighted by Crippen LogP contribution is 2.37. The second-order valence-corrected chi connectivity index (χ2v) is 7.91. The average molecular weight is 403 g/mol. The van der Waals surface area contributed by atoms with Crippen molar-refractivity contribution in [1.29, 1.82) is 0 Å². The number of nitrogens with zero attached hydrogens (tertiary/aromatic N) is 2. The van der Waals surface area contributed by atoms with Gasteiger partial charge >= 0.3 is 6.18 Å². The molecule has 0 saturated carbocycles. The second-order valence-electron chi connectivity index (χ2n) is 7.91. The first-order valence-corrected chi connectivity index (χ1v) is 9.84. The van der Waals surface area contributed by atoms with Crippen LogP contribution in [0, 0.1) is 0 Å². The summed E-state index contributed by atoms with van der Waals surface area (Å²) in [5, 5.41) is 2.77. The molecular formula is C22H24F3N3O. The lowest BCUT2D eigenvalue weighted by atomic mass is 10.1. The number of carbonyl (C=O) groups is 1. The van der Waals surface area contributed by atoms with Gasteiger partial charge in [0.15, 0.2) is 0 Å². The minimum absolute atomic E-state index is 0.0892. The molecule has 2 heterocycles. The number of benzene rings is 2. The Morgan fingerprint density at radius 2 is 1.59 bits per heavy atom. The summed E-state index contributed by atoms with van der Waals surface area (Å²) in [5.74, 6) is -0.0892. The number of nitrogens with one attached hydrogen (secondary N) is 1. The number of fused-ring (bicyclic) bond motifs is 2. The first-order valence-electron chi connectivity index (χ1n) is 9.84. The van der Waals surface area contributed by atoms with Crippen molar-refractivity contribution in [2.24, 2.45) is 0 Å². The molecule has 0 aromatic heterocycles. The lowest BCUT2D eigenvalue weighted by Gasteiger charge is -2.42. The zero-order valence-corrected chi connectivity index (χ0v) is 16.2. The maximum absolute atomic E-state index is 12.8. The molecule has 7 heteroatoms. The largest absolute Gasteiger partial charge is 0.416 e. The van der Waals surface area contributed by atoms with E-state index >= 15 is 0 Å². The van der Waals surface area contributed by atoms with Gasteiger partial charge in [0.05, 0.1) is 5.56 Å². The predicted octanol–water partition coefficient (Wildman–Crippen LogP) is 4.52. The normalized spacial score (nSPS) is 22.0. The fourth-order valence-corrected chi connectivity index (χ4v) is 4.52. The molecule has 2 aromatic rings. The standard InChI is InChI=1S/C22H24F3N3O/c1-15(29)26-18-6-2-16(3-7-18)12-27-13-20-10-11-21(14-27)28(20)19-8-4-17(5-9-19)22(23,24)25/h2-9,20-21H,10-14H2,1H3,(H,26,29). The van der Waals surface area contributed by atoms with Crippen molar-refractivity contribution in [2.45, 2.75) is 44.6 Å². The third-order valence-corrected chi connectivity index (χ3v) is 5.73. The van der Waals surface area contributed by atoms with Crippen molar-refractivity contribution in [3.63, 3.8) is 0 Å². The van der Waals surface area contributed by atoms with Crippen LogP contribution in [0.5, 0.6) is 0 Å². The monoisotopic (exact) mass is 403 g/mol. The Balaban J connectivity index is 1.40. The molecule has 2 aliphatic rings. The van der Waals surface area contributed by atoms with Crippen LogP contribution in [0.1, 0.15) is 30.9 Å². The molecule has 2 bridgehead atoms. The van der Waals surface area contributed by atoms with Gasteiger partial charge in [-0.25, -0.2) is 0 Å². The maximum atomic E-state index is 12.8. The van der Waals surface area contributed by atoms with Crippen LogP contribution in [-0.4, -0.2) is 36.0 Å². The van der Waals surface area contributed by atoms with Gasteiger partial charge in [-0.15, -0.1) is 0 Å². The molecule has 2 atom stereocenters. The number of halogens is 3. The Morgan fingerprint density at radius 1 is 1.00 bits per heavy atom. The zero-order chi connectivity index (χ0) is 20.6. The summed E-state index contributed by atoms with van der Waals surface area (Å²) in [4.78, 5) is 15.8. The Morgan fingerprint density at radius 3 is 2.10 bits per heavy atom. The predicted molar refractivity (Wildman–Crippen MR) is 107 cm³/mol. The van der Waals surface area contributed by atoms with Gasteiger partial charge in [-0.3, -0.25) is 9.69 Å². The van der Waals surface area contributed by atoms with Gasteiger partial charge in [-0.1, -0.05) is 12.1 Å². The van der Waals surface area contributed by atoms with Crippen LogP contribution in [0.15, 0.2) is 48.5 Å². The first kappa shape index (κ1) is 19.8. The zero-order valence-electron chi connectivity index (χ0n) is 16.2. The van der Waals surface area contributed by atoms with E-state index in [1.165, 1.54) is 24.6 Å². The molecule has 1 N–H and O–H groups in total. The maximum Gasteiger partial charge on any atom is 0.416 e. The van der Waals surface area contributed by atoms with E-state index in [1.807, 2.05) is 24.3 Å². The molecule has 29 heavy (non-hydrogen) atoms. The van der Waals surface area contributed by atoms with Gasteiger partial charge in [0.2, 0.25) is 5.91 Å². The highest BCUT2D eigenvalue weighted by atomic mass is 19.4. The minimum Gasteiger partial charge on any atom is -0.363 e. The fraction of sp³-hybridized carbons (Fsp3) is 0.409. The van der Waals surface area contributed by atoms with Crippen molar-refractivity contribution in [1.82, 2.24) is 4.90 Å². The van der Waals surface area contributed by atoms with Gasteiger partial charge in [0.25, 0.3) is 0 Å². The highest BCUT2D eigenvalue weighted by molar-refractivity contribution is 5.88. The molecule has 154 valence electrons. The van der Waals surface area contributed by atoms with Crippen molar-refractivity contribution in [3.8, 4) is 0 Å². The van der Waals surface area contributed by atoms with E-state index in [0.29, 0.717) is 12.1 Å². The van der Waals surface area contributed by atoms with E-state index in [1.54, 1.807) is 12.1 Å². The summed E-state index contributed by atoms with van der Waals surface area (Å²) in [5.41, 5.74) is 2.25. The van der Waals surface area contributed by atoms with Crippen molar-refractivity contribution in [2.75, 3.05) is 23.3 Å². The Kier molecular flexibility index (Phi) is 5.25. The molecular weight excluding hydrogens is 379 g/mol. The van der Waals surface area contributed by atoms with E-state index in [2.05, 4.69) is 15.1 Å². The number of hydrogen-bond acceptors (Lipinski definition) is 3. The highest BCUT2D eigenvalue weighted by Gasteiger charge is 2.40. The van der Waals surface area contributed by atoms with Gasteiger partial charge in [0.1, 0.15) is 0 Å². The number of alkyl halides is 3. The van der Waals surface area contributed by atoms with Crippen molar-refractivity contribution in [3.05, 3.63) is 59.7 Å². The lowest BCUT2D eigenvalue weighted by Crippen LogP contribution is -2.53. The third-order valence-electron chi connectivity index (χ3n) is 5.73. The fourth-order valence-electron chi connectivity index (χ4n) is 4.52. The second kappa shape index (κ2) is 7.71. The number of likely N-dealkylation sites (tertiary alicyclic amines) is 1. The average Bonchev–Trinajstić information content (AvgIpc) is 2.93. The molecule has 4 nitrogen and oxygen atoms in total. The molecule has 0 spiro atoms. The van der Waals surface area contributed by atoms with Crippen LogP contribution >= 0.6 is 0 Å². The van der Waals surface area contributed by atoms with Gasteiger partial charge in [0, 0.05) is 50.0 Å². The number of rotatable bonds is 4. The van der Waals surface area contributed by atoms with Gasteiger partial charge in [-0.2, -0.15) is 13.2 Å². The van der Waals surface area contributed by atoms with Gasteiger partial charge in [-0.05, 0) is 54.8 Å².